The molecule has 38 heavy (non-hydrogen) atoms. The van der Waals surface area contributed by atoms with Crippen LogP contribution in [0, 0.1) is 0 Å². The van der Waals surface area contributed by atoms with E-state index in [0.717, 1.165) is 53.3 Å². The summed E-state index contributed by atoms with van der Waals surface area (Å²) >= 11 is 0. The van der Waals surface area contributed by atoms with Crippen molar-refractivity contribution >= 4 is 34.2 Å². The highest BCUT2D eigenvalue weighted by Gasteiger charge is 2.32. The Morgan fingerprint density at radius 1 is 1.00 bits per heavy atom. The number of carbonyl (C=O) groups excluding carboxylic acids is 3. The fraction of sp³-hybridized carbons (Fsp3) is 0.406. The molecule has 3 aromatic rings. The summed E-state index contributed by atoms with van der Waals surface area (Å²) in [5.74, 6) is -0.0815. The number of benzene rings is 3. The number of nitrogens with one attached hydrogen (secondary N) is 1. The first kappa shape index (κ1) is 26.0. The van der Waals surface area contributed by atoms with Gasteiger partial charge < -0.3 is 15.1 Å². The number of anilines is 1. The largest absolute Gasteiger partial charge is 0.352 e. The first-order valence-electron chi connectivity index (χ1n) is 14.0. The normalized spacial score (nSPS) is 15.7. The number of rotatable bonds is 11. The molecule has 1 N–H and O–H groups in total. The SMILES string of the molecule is CCC(C(=O)NC1CCCC1)N(CCc1ccccc1)C(=O)CCCN1C(=O)c2cccc3cccc1c23. The molecule has 198 valence electrons. The van der Waals surface area contributed by atoms with Gasteiger partial charge in [-0.15, -0.1) is 0 Å². The molecule has 0 radical (unpaired) electrons. The van der Waals surface area contributed by atoms with Gasteiger partial charge in [0.05, 0.1) is 5.69 Å². The van der Waals surface area contributed by atoms with Gasteiger partial charge in [-0.2, -0.15) is 0 Å². The van der Waals surface area contributed by atoms with Crippen molar-refractivity contribution in [3.8, 4) is 0 Å². The van der Waals surface area contributed by atoms with Crippen LogP contribution in [0.5, 0.6) is 0 Å². The quantitative estimate of drug-likeness (QED) is 0.370. The van der Waals surface area contributed by atoms with E-state index in [9.17, 15) is 14.4 Å². The molecule has 1 heterocycles. The predicted molar refractivity (Wildman–Crippen MR) is 151 cm³/mol. The second-order valence-corrected chi connectivity index (χ2v) is 10.5. The summed E-state index contributed by atoms with van der Waals surface area (Å²) in [6.45, 7) is 2.94. The third-order valence-electron chi connectivity index (χ3n) is 7.99. The molecule has 1 atom stereocenters. The van der Waals surface area contributed by atoms with E-state index in [1.54, 1.807) is 9.80 Å². The summed E-state index contributed by atoms with van der Waals surface area (Å²) in [5.41, 5.74) is 2.78. The first-order chi connectivity index (χ1) is 18.6. The smallest absolute Gasteiger partial charge is 0.258 e. The molecule has 0 bridgehead atoms. The summed E-state index contributed by atoms with van der Waals surface area (Å²) < 4.78 is 0. The number of hydrogen-bond acceptors (Lipinski definition) is 3. The Bertz CT molecular complexity index is 1290. The lowest BCUT2D eigenvalue weighted by molar-refractivity contribution is -0.141. The highest BCUT2D eigenvalue weighted by molar-refractivity contribution is 6.25. The van der Waals surface area contributed by atoms with Crippen molar-refractivity contribution in [1.29, 1.82) is 0 Å². The third kappa shape index (κ3) is 5.45. The van der Waals surface area contributed by atoms with Gasteiger partial charge in [-0.05, 0) is 55.2 Å². The van der Waals surface area contributed by atoms with Gasteiger partial charge in [-0.3, -0.25) is 14.4 Å². The van der Waals surface area contributed by atoms with Crippen LogP contribution in [0.25, 0.3) is 10.8 Å². The number of nitrogens with zero attached hydrogens (tertiary/aromatic N) is 2. The molecule has 1 unspecified atom stereocenters. The van der Waals surface area contributed by atoms with E-state index in [1.165, 1.54) is 0 Å². The van der Waals surface area contributed by atoms with E-state index >= 15 is 0 Å². The Kier molecular flexibility index (Phi) is 8.06. The van der Waals surface area contributed by atoms with Crippen LogP contribution in [0.15, 0.2) is 66.7 Å². The zero-order valence-electron chi connectivity index (χ0n) is 22.2. The maximum Gasteiger partial charge on any atom is 0.258 e. The molecule has 1 aliphatic heterocycles. The van der Waals surface area contributed by atoms with Gasteiger partial charge in [-0.1, -0.05) is 74.4 Å². The van der Waals surface area contributed by atoms with Crippen LogP contribution in [0.4, 0.5) is 5.69 Å². The Morgan fingerprint density at radius 3 is 2.47 bits per heavy atom. The average Bonchev–Trinajstić information content (AvgIpc) is 3.55. The highest BCUT2D eigenvalue weighted by Crippen LogP contribution is 2.37. The first-order valence-corrected chi connectivity index (χ1v) is 14.0. The summed E-state index contributed by atoms with van der Waals surface area (Å²) in [6.07, 6.45) is 6.41. The average molecular weight is 512 g/mol. The maximum absolute atomic E-state index is 13.6. The second kappa shape index (κ2) is 11.8. The van der Waals surface area contributed by atoms with E-state index in [2.05, 4.69) is 17.4 Å². The monoisotopic (exact) mass is 511 g/mol. The molecule has 0 saturated heterocycles. The molecular weight excluding hydrogens is 474 g/mol. The highest BCUT2D eigenvalue weighted by atomic mass is 16.2. The number of amides is 3. The van der Waals surface area contributed by atoms with Gasteiger partial charge in [0.25, 0.3) is 5.91 Å². The minimum Gasteiger partial charge on any atom is -0.352 e. The van der Waals surface area contributed by atoms with Crippen molar-refractivity contribution in [1.82, 2.24) is 10.2 Å². The van der Waals surface area contributed by atoms with Gasteiger partial charge in [-0.25, -0.2) is 0 Å². The standard InChI is InChI=1S/C32H37N3O3/c1-2-27(31(37)33-25-15-6-7-16-25)34(22-20-23-11-4-3-5-12-23)29(36)19-10-21-35-28-18-9-14-24-13-8-17-26(30(24)28)32(35)38/h3-5,8-9,11-14,17-18,25,27H,2,6-7,10,15-16,19-22H2,1H3,(H,33,37). The van der Waals surface area contributed by atoms with Crippen molar-refractivity contribution in [2.75, 3.05) is 18.0 Å². The van der Waals surface area contributed by atoms with Crippen molar-refractivity contribution in [3.05, 3.63) is 77.9 Å². The van der Waals surface area contributed by atoms with Gasteiger partial charge in [0.15, 0.2) is 0 Å². The lowest BCUT2D eigenvalue weighted by Gasteiger charge is -2.32. The van der Waals surface area contributed by atoms with E-state index in [-0.39, 0.29) is 30.2 Å². The summed E-state index contributed by atoms with van der Waals surface area (Å²) in [5, 5.41) is 5.25. The van der Waals surface area contributed by atoms with Gasteiger partial charge in [0, 0.05) is 36.5 Å². The summed E-state index contributed by atoms with van der Waals surface area (Å²) in [7, 11) is 0. The van der Waals surface area contributed by atoms with Gasteiger partial charge in [0.2, 0.25) is 11.8 Å². The second-order valence-electron chi connectivity index (χ2n) is 10.5. The number of hydrogen-bond donors (Lipinski definition) is 1. The molecule has 1 saturated carbocycles. The molecular formula is C32H37N3O3. The lowest BCUT2D eigenvalue weighted by Crippen LogP contribution is -2.51. The van der Waals surface area contributed by atoms with Crippen LogP contribution < -0.4 is 10.2 Å². The van der Waals surface area contributed by atoms with Crippen LogP contribution in [0.3, 0.4) is 0 Å². The van der Waals surface area contributed by atoms with Crippen LogP contribution in [0.1, 0.15) is 67.8 Å². The van der Waals surface area contributed by atoms with E-state index in [4.69, 9.17) is 0 Å². The molecule has 0 aromatic heterocycles. The van der Waals surface area contributed by atoms with Crippen molar-refractivity contribution in [2.24, 2.45) is 0 Å². The van der Waals surface area contributed by atoms with Crippen LogP contribution in [-0.2, 0) is 16.0 Å². The predicted octanol–water partition coefficient (Wildman–Crippen LogP) is 5.49. The van der Waals surface area contributed by atoms with Crippen molar-refractivity contribution in [3.63, 3.8) is 0 Å². The molecule has 6 nitrogen and oxygen atoms in total. The summed E-state index contributed by atoms with van der Waals surface area (Å²) in [4.78, 5) is 43.6. The Balaban J connectivity index is 1.26. The molecule has 3 aromatic carbocycles. The molecule has 2 aliphatic rings. The molecule has 3 amide bonds. The van der Waals surface area contributed by atoms with Crippen molar-refractivity contribution in [2.45, 2.75) is 70.4 Å². The van der Waals surface area contributed by atoms with Crippen LogP contribution in [0.2, 0.25) is 0 Å². The molecule has 5 rings (SSSR count). The summed E-state index contributed by atoms with van der Waals surface area (Å²) in [6, 6.07) is 21.6. The van der Waals surface area contributed by atoms with E-state index in [1.807, 2.05) is 61.5 Å². The Hall–Kier alpha value is -3.67. The van der Waals surface area contributed by atoms with Gasteiger partial charge >= 0.3 is 0 Å². The number of carbonyl (C=O) groups is 3. The van der Waals surface area contributed by atoms with E-state index in [0.29, 0.717) is 32.4 Å². The van der Waals surface area contributed by atoms with Crippen molar-refractivity contribution < 1.29 is 14.4 Å². The van der Waals surface area contributed by atoms with E-state index < -0.39 is 6.04 Å². The molecule has 1 fully saturated rings. The lowest BCUT2D eigenvalue weighted by atomic mass is 10.1. The maximum atomic E-state index is 13.6. The zero-order chi connectivity index (χ0) is 26.5. The Labute approximate surface area is 225 Å². The fourth-order valence-corrected chi connectivity index (χ4v) is 6.00. The third-order valence-corrected chi connectivity index (χ3v) is 7.99. The fourth-order valence-electron chi connectivity index (χ4n) is 6.00. The minimum absolute atomic E-state index is 0.00689. The zero-order valence-corrected chi connectivity index (χ0v) is 22.2. The van der Waals surface area contributed by atoms with Crippen LogP contribution >= 0.6 is 0 Å². The Morgan fingerprint density at radius 2 is 1.74 bits per heavy atom. The topological polar surface area (TPSA) is 69.7 Å². The molecule has 0 spiro atoms. The molecule has 1 aliphatic carbocycles. The van der Waals surface area contributed by atoms with Gasteiger partial charge in [0.1, 0.15) is 6.04 Å². The van der Waals surface area contributed by atoms with Crippen LogP contribution in [-0.4, -0.2) is 47.8 Å². The minimum atomic E-state index is -0.488. The molecule has 6 heteroatoms.